The maximum absolute atomic E-state index is 14.2. The van der Waals surface area contributed by atoms with Gasteiger partial charge in [0.15, 0.2) is 0 Å². The smallest absolute Gasteiger partial charge is 0.314 e. The van der Waals surface area contributed by atoms with Crippen molar-refractivity contribution in [3.8, 4) is 28.3 Å². The maximum atomic E-state index is 14.2. The molecule has 272 valence electrons. The van der Waals surface area contributed by atoms with Crippen molar-refractivity contribution in [1.82, 2.24) is 19.9 Å². The van der Waals surface area contributed by atoms with Gasteiger partial charge in [0.05, 0.1) is 50.8 Å². The van der Waals surface area contributed by atoms with Crippen molar-refractivity contribution in [3.63, 3.8) is 0 Å². The fraction of sp³-hybridized carbons (Fsp3) is 0.180. The van der Waals surface area contributed by atoms with Gasteiger partial charge in [-0.05, 0) is 78.3 Å². The van der Waals surface area contributed by atoms with E-state index in [4.69, 9.17) is 24.7 Å². The summed E-state index contributed by atoms with van der Waals surface area (Å²) in [6.45, 7) is 4.31. The van der Waals surface area contributed by atoms with Gasteiger partial charge in [0.2, 0.25) is 0 Å². The van der Waals surface area contributed by atoms with E-state index in [2.05, 4.69) is 91.9 Å². The van der Waals surface area contributed by atoms with Crippen molar-refractivity contribution >= 4 is 28.0 Å². The van der Waals surface area contributed by atoms with E-state index in [9.17, 15) is 4.79 Å². The fourth-order valence-electron chi connectivity index (χ4n) is 9.68. The molecule has 0 saturated heterocycles. The molecule has 0 N–H and O–H groups in total. The molecule has 2 heterocycles. The second-order valence-corrected chi connectivity index (χ2v) is 15.6. The Kier molecular flexibility index (Phi) is 8.10. The number of carbonyl (C=O) groups excluding carboxylic acids is 1. The van der Waals surface area contributed by atoms with Crippen molar-refractivity contribution in [1.29, 1.82) is 0 Å². The SMILES string of the molecule is CC(CC1(CC2(CC(C)c3ccccc3)c3ccccc3-c3nc4ccccc4nc32)c2ccccc2-c2nc3ccccc3nc21)C(=O)Oc1ccccc1. The lowest BCUT2D eigenvalue weighted by Gasteiger charge is -2.43. The van der Waals surface area contributed by atoms with Crippen LogP contribution in [0.3, 0.4) is 0 Å². The molecular formula is C50H40N4O2. The number of hydrogen-bond donors (Lipinski definition) is 0. The summed E-state index contributed by atoms with van der Waals surface area (Å²) in [6.07, 6.45) is 1.81. The third kappa shape index (κ3) is 5.42. The van der Waals surface area contributed by atoms with Gasteiger partial charge in [-0.25, -0.2) is 19.9 Å². The first-order chi connectivity index (χ1) is 27.4. The lowest BCUT2D eigenvalue weighted by atomic mass is 9.59. The largest absolute Gasteiger partial charge is 0.426 e. The molecule has 4 unspecified atom stereocenters. The van der Waals surface area contributed by atoms with Gasteiger partial charge >= 0.3 is 5.97 Å². The average Bonchev–Trinajstić information content (AvgIpc) is 3.64. The van der Waals surface area contributed by atoms with Crippen molar-refractivity contribution in [2.75, 3.05) is 0 Å². The number of nitrogens with zero attached hydrogens (tertiary/aromatic N) is 4. The second-order valence-electron chi connectivity index (χ2n) is 15.6. The number of hydrogen-bond acceptors (Lipinski definition) is 6. The third-order valence-corrected chi connectivity index (χ3v) is 12.1. The predicted molar refractivity (Wildman–Crippen MR) is 221 cm³/mol. The summed E-state index contributed by atoms with van der Waals surface area (Å²) in [5.74, 6) is -0.0879. The van der Waals surface area contributed by atoms with Gasteiger partial charge in [-0.15, -0.1) is 0 Å². The van der Waals surface area contributed by atoms with Crippen LogP contribution in [0.5, 0.6) is 5.75 Å². The van der Waals surface area contributed by atoms with E-state index in [0.717, 1.165) is 68.0 Å². The van der Waals surface area contributed by atoms with Gasteiger partial charge < -0.3 is 4.74 Å². The molecule has 56 heavy (non-hydrogen) atoms. The van der Waals surface area contributed by atoms with E-state index in [-0.39, 0.29) is 11.9 Å². The van der Waals surface area contributed by atoms with E-state index in [1.165, 1.54) is 11.1 Å². The highest BCUT2D eigenvalue weighted by atomic mass is 16.5. The van der Waals surface area contributed by atoms with E-state index in [0.29, 0.717) is 18.6 Å². The van der Waals surface area contributed by atoms with Crippen molar-refractivity contribution in [2.24, 2.45) is 5.92 Å². The molecule has 0 aliphatic heterocycles. The average molecular weight is 729 g/mol. The van der Waals surface area contributed by atoms with Crippen molar-refractivity contribution < 1.29 is 9.53 Å². The van der Waals surface area contributed by atoms with Crippen LogP contribution in [0.2, 0.25) is 0 Å². The number of aromatic nitrogens is 4. The number of rotatable bonds is 9. The highest BCUT2D eigenvalue weighted by Crippen LogP contribution is 2.62. The molecule has 4 atom stereocenters. The normalized spacial score (nSPS) is 18.8. The van der Waals surface area contributed by atoms with Gasteiger partial charge in [0, 0.05) is 22.0 Å². The summed E-state index contributed by atoms with van der Waals surface area (Å²) in [5, 5.41) is 0. The molecule has 6 nitrogen and oxygen atoms in total. The molecule has 2 aliphatic carbocycles. The van der Waals surface area contributed by atoms with E-state index in [1.54, 1.807) is 0 Å². The Bertz CT molecular complexity index is 2790. The van der Waals surface area contributed by atoms with E-state index in [1.807, 2.05) is 79.7 Å². The number of benzene rings is 6. The first-order valence-electron chi connectivity index (χ1n) is 19.5. The van der Waals surface area contributed by atoms with Crippen LogP contribution in [-0.4, -0.2) is 25.9 Å². The Hall–Kier alpha value is -6.53. The van der Waals surface area contributed by atoms with Crippen LogP contribution >= 0.6 is 0 Å². The molecule has 0 spiro atoms. The van der Waals surface area contributed by atoms with Gasteiger partial charge in [0.25, 0.3) is 0 Å². The van der Waals surface area contributed by atoms with Crippen LogP contribution in [0.1, 0.15) is 67.1 Å². The summed E-state index contributed by atoms with van der Waals surface area (Å²) < 4.78 is 6.06. The third-order valence-electron chi connectivity index (χ3n) is 12.1. The zero-order valence-corrected chi connectivity index (χ0v) is 31.4. The number of ether oxygens (including phenoxy) is 1. The minimum absolute atomic E-state index is 0.153. The quantitative estimate of drug-likeness (QED) is 0.109. The summed E-state index contributed by atoms with van der Waals surface area (Å²) in [6, 6.07) is 53.6. The summed E-state index contributed by atoms with van der Waals surface area (Å²) in [4.78, 5) is 36.1. The van der Waals surface area contributed by atoms with Crippen LogP contribution in [0, 0.1) is 5.92 Å². The molecule has 0 fully saturated rings. The van der Waals surface area contributed by atoms with Gasteiger partial charge in [-0.1, -0.05) is 135 Å². The Balaban J connectivity index is 1.24. The number of fused-ring (bicyclic) bond motifs is 8. The predicted octanol–water partition coefficient (Wildman–Crippen LogP) is 11.0. The maximum Gasteiger partial charge on any atom is 0.314 e. The Morgan fingerprint density at radius 2 is 0.946 bits per heavy atom. The molecule has 10 rings (SSSR count). The summed E-state index contributed by atoms with van der Waals surface area (Å²) in [5.41, 5.74) is 11.4. The molecule has 0 radical (unpaired) electrons. The zero-order valence-electron chi connectivity index (χ0n) is 31.4. The minimum Gasteiger partial charge on any atom is -0.426 e. The Morgan fingerprint density at radius 1 is 0.518 bits per heavy atom. The van der Waals surface area contributed by atoms with Crippen LogP contribution in [0.4, 0.5) is 0 Å². The molecule has 0 saturated carbocycles. The van der Waals surface area contributed by atoms with Crippen molar-refractivity contribution in [3.05, 3.63) is 186 Å². The lowest BCUT2D eigenvalue weighted by molar-refractivity contribution is -0.139. The molecule has 6 heteroatoms. The molecule has 8 aromatic rings. The van der Waals surface area contributed by atoms with Crippen molar-refractivity contribution in [2.45, 2.75) is 49.9 Å². The molecule has 0 amide bonds. The minimum atomic E-state index is -0.767. The number of esters is 1. The van der Waals surface area contributed by atoms with Gasteiger partial charge in [0.1, 0.15) is 5.75 Å². The molecular weight excluding hydrogens is 689 g/mol. The highest BCUT2D eigenvalue weighted by Gasteiger charge is 2.56. The monoisotopic (exact) mass is 728 g/mol. The number of para-hydroxylation sites is 5. The van der Waals surface area contributed by atoms with Crippen LogP contribution in [0.25, 0.3) is 44.6 Å². The summed E-state index contributed by atoms with van der Waals surface area (Å²) in [7, 11) is 0. The Labute approximate surface area is 326 Å². The molecule has 0 bridgehead atoms. The van der Waals surface area contributed by atoms with Crippen LogP contribution in [-0.2, 0) is 15.6 Å². The zero-order chi connectivity index (χ0) is 37.9. The second kappa shape index (κ2) is 13.3. The highest BCUT2D eigenvalue weighted by molar-refractivity contribution is 5.87. The molecule has 2 aliphatic rings. The standard InChI is InChI=1S/C50H40N4O2/c1-32(34-17-5-3-6-18-34)29-49(38-23-11-9-21-36(38)44-46(49)53-42-27-15-13-25-40(42)51-44)31-50(30-33(2)48(55)56-35-19-7-4-8-20-35)39-24-12-10-22-37(39)45-47(50)54-43-28-16-14-26-41(43)52-45/h3-28,32-33H,29-31H2,1-2H3. The first-order valence-corrected chi connectivity index (χ1v) is 19.5. The molecule has 2 aromatic heterocycles. The topological polar surface area (TPSA) is 77.9 Å². The first kappa shape index (κ1) is 34.0. The van der Waals surface area contributed by atoms with E-state index < -0.39 is 16.7 Å². The molecule has 6 aromatic carbocycles. The Morgan fingerprint density at radius 3 is 1.48 bits per heavy atom. The van der Waals surface area contributed by atoms with E-state index >= 15 is 0 Å². The number of carbonyl (C=O) groups is 1. The fourth-order valence-corrected chi connectivity index (χ4v) is 9.68. The van der Waals surface area contributed by atoms with Gasteiger partial charge in [-0.2, -0.15) is 0 Å². The lowest BCUT2D eigenvalue weighted by Crippen LogP contribution is -2.41. The van der Waals surface area contributed by atoms with Crippen LogP contribution < -0.4 is 4.74 Å². The van der Waals surface area contributed by atoms with Crippen LogP contribution in [0.15, 0.2) is 158 Å². The summed E-state index contributed by atoms with van der Waals surface area (Å²) >= 11 is 0. The van der Waals surface area contributed by atoms with Gasteiger partial charge in [-0.3, -0.25) is 4.79 Å².